The smallest absolute Gasteiger partial charge is 0.136 e. The van der Waals surface area contributed by atoms with Gasteiger partial charge in [-0.05, 0) is 23.3 Å². The molecule has 0 saturated carbocycles. The van der Waals surface area contributed by atoms with Crippen LogP contribution in [-0.2, 0) is 0 Å². The Hall–Kier alpha value is -2.28. The van der Waals surface area contributed by atoms with E-state index in [0.717, 1.165) is 33.1 Å². The Morgan fingerprint density at radius 1 is 0.882 bits per heavy atom. The molecule has 1 heteroatoms. The number of rotatable bonds is 2. The largest absolute Gasteiger partial charge is 0.456 e. The minimum absolute atomic E-state index is 0.895. The predicted octanol–water partition coefficient (Wildman–Crippen LogP) is 4.87. The third-order valence-electron chi connectivity index (χ3n) is 3.04. The van der Waals surface area contributed by atoms with Crippen molar-refractivity contribution in [1.82, 2.24) is 0 Å². The van der Waals surface area contributed by atoms with Gasteiger partial charge in [0, 0.05) is 10.8 Å². The number of hydrogen-bond acceptors (Lipinski definition) is 1. The summed E-state index contributed by atoms with van der Waals surface area (Å²) in [5, 5.41) is 2.24. The van der Waals surface area contributed by atoms with Crippen LogP contribution < -0.4 is 0 Å². The van der Waals surface area contributed by atoms with Crippen molar-refractivity contribution in [2.75, 3.05) is 0 Å². The van der Waals surface area contributed by atoms with Gasteiger partial charge in [0.05, 0.1) is 0 Å². The van der Waals surface area contributed by atoms with Gasteiger partial charge in [-0.1, -0.05) is 49.6 Å². The topological polar surface area (TPSA) is 13.1 Å². The minimum Gasteiger partial charge on any atom is -0.456 e. The van der Waals surface area contributed by atoms with Gasteiger partial charge < -0.3 is 4.42 Å². The van der Waals surface area contributed by atoms with Gasteiger partial charge in [-0.3, -0.25) is 0 Å². The average Bonchev–Trinajstić information content (AvgIpc) is 2.76. The van der Waals surface area contributed by atoms with Crippen molar-refractivity contribution in [3.05, 3.63) is 60.7 Å². The van der Waals surface area contributed by atoms with Gasteiger partial charge in [0.2, 0.25) is 0 Å². The van der Waals surface area contributed by atoms with Crippen LogP contribution in [0.2, 0.25) is 0 Å². The van der Waals surface area contributed by atoms with Crippen molar-refractivity contribution >= 4 is 34.1 Å². The molecule has 0 bridgehead atoms. The Balaban J connectivity index is 2.60. The molecule has 2 aromatic carbocycles. The van der Waals surface area contributed by atoms with Crippen molar-refractivity contribution in [2.45, 2.75) is 0 Å². The number of benzene rings is 2. The predicted molar refractivity (Wildman–Crippen MR) is 73.9 cm³/mol. The van der Waals surface area contributed by atoms with Crippen LogP contribution in [0, 0.1) is 0 Å². The van der Waals surface area contributed by atoms with Crippen molar-refractivity contribution in [1.29, 1.82) is 0 Å². The van der Waals surface area contributed by atoms with Crippen LogP contribution in [0.4, 0.5) is 0 Å². The van der Waals surface area contributed by atoms with Gasteiger partial charge in [-0.25, -0.2) is 0 Å². The van der Waals surface area contributed by atoms with Crippen molar-refractivity contribution < 1.29 is 4.42 Å². The van der Waals surface area contributed by atoms with Gasteiger partial charge in [0.15, 0.2) is 0 Å². The minimum atomic E-state index is 0.895. The molecular weight excluding hydrogens is 208 g/mol. The Morgan fingerprint density at radius 3 is 2.47 bits per heavy atom. The molecule has 3 rings (SSSR count). The zero-order valence-corrected chi connectivity index (χ0v) is 9.44. The van der Waals surface area contributed by atoms with E-state index in [1.807, 2.05) is 42.5 Å². The molecule has 0 saturated heterocycles. The summed E-state index contributed by atoms with van der Waals surface area (Å²) in [7, 11) is 0. The molecule has 0 aliphatic carbocycles. The fraction of sp³-hybridized carbons (Fsp3) is 0. The van der Waals surface area contributed by atoms with E-state index in [1.54, 1.807) is 0 Å². The molecule has 82 valence electrons. The highest BCUT2D eigenvalue weighted by molar-refractivity contribution is 6.10. The molecule has 0 spiro atoms. The van der Waals surface area contributed by atoms with Gasteiger partial charge in [0.1, 0.15) is 11.2 Å². The second kappa shape index (κ2) is 3.63. The summed E-state index contributed by atoms with van der Waals surface area (Å²) < 4.78 is 5.81. The standard InChI is InChI=1S/C16H12O/c1-3-11-9-10-15-16(12(11)4-2)13-7-5-6-8-14(13)17-15/h3-10H,1-2H2. The summed E-state index contributed by atoms with van der Waals surface area (Å²) in [5.74, 6) is 0. The fourth-order valence-corrected chi connectivity index (χ4v) is 2.26. The number of para-hydroxylation sites is 1. The zero-order valence-electron chi connectivity index (χ0n) is 9.44. The van der Waals surface area contributed by atoms with Gasteiger partial charge in [0.25, 0.3) is 0 Å². The highest BCUT2D eigenvalue weighted by atomic mass is 16.3. The van der Waals surface area contributed by atoms with Crippen LogP contribution in [-0.4, -0.2) is 0 Å². The summed E-state index contributed by atoms with van der Waals surface area (Å²) in [6, 6.07) is 12.0. The van der Waals surface area contributed by atoms with E-state index in [1.165, 1.54) is 0 Å². The molecule has 17 heavy (non-hydrogen) atoms. The molecule has 0 atom stereocenters. The third-order valence-corrected chi connectivity index (χ3v) is 3.04. The molecule has 1 aromatic heterocycles. The molecule has 3 aromatic rings. The van der Waals surface area contributed by atoms with Crippen LogP contribution in [0.1, 0.15) is 11.1 Å². The maximum absolute atomic E-state index is 5.81. The summed E-state index contributed by atoms with van der Waals surface area (Å²) in [6.45, 7) is 7.72. The maximum Gasteiger partial charge on any atom is 0.136 e. The Bertz CT molecular complexity index is 732. The van der Waals surface area contributed by atoms with E-state index < -0.39 is 0 Å². The molecule has 1 heterocycles. The second-order valence-corrected chi connectivity index (χ2v) is 3.95. The second-order valence-electron chi connectivity index (χ2n) is 3.95. The SMILES string of the molecule is C=Cc1ccc2oc3ccccc3c2c1C=C. The summed E-state index contributed by atoms with van der Waals surface area (Å²) in [4.78, 5) is 0. The Kier molecular flexibility index (Phi) is 2.12. The van der Waals surface area contributed by atoms with Crippen molar-refractivity contribution in [3.8, 4) is 0 Å². The molecule has 0 N–H and O–H groups in total. The van der Waals surface area contributed by atoms with Crippen LogP contribution >= 0.6 is 0 Å². The lowest BCUT2D eigenvalue weighted by Gasteiger charge is -2.01. The van der Waals surface area contributed by atoms with Crippen LogP contribution in [0.5, 0.6) is 0 Å². The fourth-order valence-electron chi connectivity index (χ4n) is 2.26. The van der Waals surface area contributed by atoms with E-state index in [0.29, 0.717) is 0 Å². The first-order chi connectivity index (χ1) is 8.35. The quantitative estimate of drug-likeness (QED) is 0.600. The first kappa shape index (κ1) is 9.91. The van der Waals surface area contributed by atoms with Crippen molar-refractivity contribution in [3.63, 3.8) is 0 Å². The Morgan fingerprint density at radius 2 is 1.71 bits per heavy atom. The Labute approximate surface area is 99.7 Å². The molecule has 0 unspecified atom stereocenters. The van der Waals surface area contributed by atoms with Gasteiger partial charge >= 0.3 is 0 Å². The normalized spacial score (nSPS) is 10.8. The monoisotopic (exact) mass is 220 g/mol. The first-order valence-electron chi connectivity index (χ1n) is 5.54. The summed E-state index contributed by atoms with van der Waals surface area (Å²) in [6.07, 6.45) is 3.71. The molecule has 0 amide bonds. The number of furan rings is 1. The van der Waals surface area contributed by atoms with E-state index in [9.17, 15) is 0 Å². The average molecular weight is 220 g/mol. The van der Waals surface area contributed by atoms with Crippen LogP contribution in [0.15, 0.2) is 54.0 Å². The maximum atomic E-state index is 5.81. The summed E-state index contributed by atoms with van der Waals surface area (Å²) >= 11 is 0. The van der Waals surface area contributed by atoms with E-state index in [2.05, 4.69) is 19.2 Å². The van der Waals surface area contributed by atoms with Gasteiger partial charge in [-0.15, -0.1) is 0 Å². The van der Waals surface area contributed by atoms with E-state index in [4.69, 9.17) is 4.42 Å². The lowest BCUT2D eigenvalue weighted by Crippen LogP contribution is -1.81. The molecule has 0 aliphatic rings. The third kappa shape index (κ3) is 1.32. The lowest BCUT2D eigenvalue weighted by atomic mass is 10.0. The highest BCUT2D eigenvalue weighted by Crippen LogP contribution is 2.33. The summed E-state index contributed by atoms with van der Waals surface area (Å²) in [5.41, 5.74) is 3.97. The zero-order chi connectivity index (χ0) is 11.8. The lowest BCUT2D eigenvalue weighted by molar-refractivity contribution is 0.669. The first-order valence-corrected chi connectivity index (χ1v) is 5.54. The number of fused-ring (bicyclic) bond motifs is 3. The molecule has 0 aliphatic heterocycles. The molecular formula is C16H12O. The molecule has 1 nitrogen and oxygen atoms in total. The van der Waals surface area contributed by atoms with Gasteiger partial charge in [-0.2, -0.15) is 0 Å². The van der Waals surface area contributed by atoms with Crippen molar-refractivity contribution in [2.24, 2.45) is 0 Å². The van der Waals surface area contributed by atoms with E-state index >= 15 is 0 Å². The van der Waals surface area contributed by atoms with Crippen LogP contribution in [0.3, 0.4) is 0 Å². The van der Waals surface area contributed by atoms with Crippen LogP contribution in [0.25, 0.3) is 34.1 Å². The molecule has 0 radical (unpaired) electrons. The molecule has 0 fully saturated rings. The van der Waals surface area contributed by atoms with E-state index in [-0.39, 0.29) is 0 Å². The highest BCUT2D eigenvalue weighted by Gasteiger charge is 2.10. The number of hydrogen-bond donors (Lipinski definition) is 0.